The average molecular weight is 317 g/mol. The molecule has 2 aliphatic rings. The number of H-pyrrole nitrogens is 1. The molecule has 0 amide bonds. The van der Waals surface area contributed by atoms with Crippen LogP contribution in [0.25, 0.3) is 22.2 Å². The summed E-state index contributed by atoms with van der Waals surface area (Å²) < 4.78 is 0. The predicted molar refractivity (Wildman–Crippen MR) is 97.8 cm³/mol. The topological polar surface area (TPSA) is 31.9 Å². The maximum atomic E-state index is 4.82. The van der Waals surface area contributed by atoms with Gasteiger partial charge in [-0.15, -0.1) is 0 Å². The van der Waals surface area contributed by atoms with E-state index in [9.17, 15) is 0 Å². The Bertz CT molecular complexity index is 875. The number of piperidine rings is 1. The summed E-state index contributed by atoms with van der Waals surface area (Å²) in [5, 5.41) is 1.24. The summed E-state index contributed by atoms with van der Waals surface area (Å²) >= 11 is 0. The molecule has 5 rings (SSSR count). The average Bonchev–Trinajstić information content (AvgIpc) is 3.13. The van der Waals surface area contributed by atoms with Crippen LogP contribution < -0.4 is 0 Å². The van der Waals surface area contributed by atoms with E-state index in [1.807, 2.05) is 6.20 Å². The molecule has 2 aromatic heterocycles. The number of nitrogens with one attached hydrogen (secondary N) is 1. The number of fused-ring (bicyclic) bond motifs is 3. The minimum Gasteiger partial charge on any atom is -0.361 e. The van der Waals surface area contributed by atoms with Gasteiger partial charge in [-0.05, 0) is 69.0 Å². The zero-order valence-corrected chi connectivity index (χ0v) is 14.1. The lowest BCUT2D eigenvalue weighted by Gasteiger charge is -2.43. The van der Waals surface area contributed by atoms with E-state index in [1.165, 1.54) is 54.1 Å². The van der Waals surface area contributed by atoms with Crippen molar-refractivity contribution in [1.82, 2.24) is 14.9 Å². The van der Waals surface area contributed by atoms with Crippen molar-refractivity contribution in [2.45, 2.75) is 43.7 Å². The summed E-state index contributed by atoms with van der Waals surface area (Å²) in [4.78, 5) is 10.7. The number of aromatic amines is 1. The van der Waals surface area contributed by atoms with Gasteiger partial charge >= 0.3 is 0 Å². The van der Waals surface area contributed by atoms with E-state index in [0.717, 1.165) is 11.7 Å². The Morgan fingerprint density at radius 3 is 2.96 bits per heavy atom. The molecule has 3 heteroatoms. The predicted octanol–water partition coefficient (Wildman–Crippen LogP) is 4.70. The molecule has 0 radical (unpaired) electrons. The minimum atomic E-state index is 0.235. The highest BCUT2D eigenvalue weighted by Crippen LogP contribution is 2.49. The Balaban J connectivity index is 1.51. The van der Waals surface area contributed by atoms with E-state index in [-0.39, 0.29) is 5.54 Å². The zero-order valence-electron chi connectivity index (χ0n) is 14.1. The van der Waals surface area contributed by atoms with Crippen LogP contribution in [0.4, 0.5) is 0 Å². The maximum absolute atomic E-state index is 4.82. The van der Waals surface area contributed by atoms with Crippen LogP contribution in [0.5, 0.6) is 0 Å². The smallest absolute Gasteiger partial charge is 0.0702 e. The Morgan fingerprint density at radius 2 is 2.08 bits per heavy atom. The van der Waals surface area contributed by atoms with Crippen molar-refractivity contribution in [3.05, 3.63) is 54.4 Å². The van der Waals surface area contributed by atoms with Crippen LogP contribution in [-0.2, 0) is 5.54 Å². The molecule has 2 atom stereocenters. The second-order valence-corrected chi connectivity index (χ2v) is 7.44. The molecule has 3 nitrogen and oxygen atoms in total. The van der Waals surface area contributed by atoms with Crippen molar-refractivity contribution >= 4 is 10.9 Å². The first kappa shape index (κ1) is 14.2. The standard InChI is InChI=1S/C21H23N3/c1-24-18-3-2-10-21(24,11-8-18)17-5-7-20(23-14-17)15-4-6-19-16(13-15)9-12-22-19/h4-7,9,12-14,18,22H,2-3,8,10-11H2,1H3. The Hall–Kier alpha value is -2.13. The van der Waals surface area contributed by atoms with Crippen LogP contribution in [-0.4, -0.2) is 28.0 Å². The molecule has 0 saturated carbocycles. The summed E-state index contributed by atoms with van der Waals surface area (Å²) in [5.74, 6) is 0. The lowest BCUT2D eigenvalue weighted by atomic mass is 9.82. The van der Waals surface area contributed by atoms with Gasteiger partial charge < -0.3 is 4.98 Å². The van der Waals surface area contributed by atoms with E-state index in [0.29, 0.717) is 0 Å². The molecule has 3 aromatic rings. The molecule has 2 unspecified atom stereocenters. The number of aromatic nitrogens is 2. The number of hydrogen-bond acceptors (Lipinski definition) is 2. The first-order chi connectivity index (χ1) is 11.8. The van der Waals surface area contributed by atoms with Crippen LogP contribution >= 0.6 is 0 Å². The largest absolute Gasteiger partial charge is 0.361 e. The van der Waals surface area contributed by atoms with Crippen molar-refractivity contribution in [1.29, 1.82) is 0 Å². The van der Waals surface area contributed by atoms with Crippen molar-refractivity contribution in [2.75, 3.05) is 7.05 Å². The molecule has 1 aromatic carbocycles. The van der Waals surface area contributed by atoms with Gasteiger partial charge in [0.1, 0.15) is 0 Å². The third-order valence-electron chi connectivity index (χ3n) is 6.39. The van der Waals surface area contributed by atoms with Gasteiger partial charge in [-0.1, -0.05) is 12.1 Å². The van der Waals surface area contributed by atoms with Crippen molar-refractivity contribution in [3.8, 4) is 11.3 Å². The molecule has 2 aliphatic heterocycles. The second kappa shape index (κ2) is 5.18. The van der Waals surface area contributed by atoms with Gasteiger partial charge in [0.15, 0.2) is 0 Å². The first-order valence-corrected chi connectivity index (χ1v) is 9.03. The van der Waals surface area contributed by atoms with Gasteiger partial charge in [0.2, 0.25) is 0 Å². The fourth-order valence-corrected chi connectivity index (χ4v) is 4.94. The highest BCUT2D eigenvalue weighted by molar-refractivity contribution is 5.84. The van der Waals surface area contributed by atoms with E-state index >= 15 is 0 Å². The highest BCUT2D eigenvalue weighted by atomic mass is 15.2. The summed E-state index contributed by atoms with van der Waals surface area (Å²) in [6.45, 7) is 0. The van der Waals surface area contributed by atoms with Crippen LogP contribution in [0, 0.1) is 0 Å². The van der Waals surface area contributed by atoms with Crippen molar-refractivity contribution in [3.63, 3.8) is 0 Å². The monoisotopic (exact) mass is 317 g/mol. The van der Waals surface area contributed by atoms with E-state index in [2.05, 4.69) is 59.5 Å². The van der Waals surface area contributed by atoms with Gasteiger partial charge in [0, 0.05) is 40.4 Å². The van der Waals surface area contributed by atoms with Crippen LogP contribution in [0.1, 0.15) is 37.7 Å². The lowest BCUT2D eigenvalue weighted by molar-refractivity contribution is 0.0802. The lowest BCUT2D eigenvalue weighted by Crippen LogP contribution is -2.45. The molecule has 122 valence electrons. The molecule has 24 heavy (non-hydrogen) atoms. The number of nitrogens with zero attached hydrogens (tertiary/aromatic N) is 2. The first-order valence-electron chi connectivity index (χ1n) is 9.03. The number of rotatable bonds is 2. The molecular weight excluding hydrogens is 294 g/mol. The fourth-order valence-electron chi connectivity index (χ4n) is 4.94. The molecular formula is C21H23N3. The molecule has 0 aliphatic carbocycles. The maximum Gasteiger partial charge on any atom is 0.0702 e. The third-order valence-corrected chi connectivity index (χ3v) is 6.39. The summed E-state index contributed by atoms with van der Waals surface area (Å²) in [7, 11) is 2.31. The Kier molecular flexibility index (Phi) is 3.07. The van der Waals surface area contributed by atoms with Gasteiger partial charge in [-0.2, -0.15) is 0 Å². The van der Waals surface area contributed by atoms with Crippen LogP contribution in [0.3, 0.4) is 0 Å². The van der Waals surface area contributed by atoms with Crippen molar-refractivity contribution in [2.24, 2.45) is 0 Å². The summed E-state index contributed by atoms with van der Waals surface area (Å²) in [5.41, 5.74) is 5.06. The second-order valence-electron chi connectivity index (χ2n) is 7.44. The minimum absolute atomic E-state index is 0.235. The van der Waals surface area contributed by atoms with Gasteiger partial charge in [-0.25, -0.2) is 0 Å². The van der Waals surface area contributed by atoms with Gasteiger partial charge in [-0.3, -0.25) is 9.88 Å². The molecule has 0 spiro atoms. The van der Waals surface area contributed by atoms with Crippen LogP contribution in [0.15, 0.2) is 48.8 Å². The third kappa shape index (κ3) is 1.97. The molecule has 2 saturated heterocycles. The molecule has 2 fully saturated rings. The van der Waals surface area contributed by atoms with Crippen molar-refractivity contribution < 1.29 is 0 Å². The highest BCUT2D eigenvalue weighted by Gasteiger charge is 2.47. The normalized spacial score (nSPS) is 27.0. The Morgan fingerprint density at radius 1 is 1.12 bits per heavy atom. The van der Waals surface area contributed by atoms with E-state index < -0.39 is 0 Å². The number of hydrogen-bond donors (Lipinski definition) is 1. The molecule has 2 bridgehead atoms. The van der Waals surface area contributed by atoms with Gasteiger partial charge in [0.25, 0.3) is 0 Å². The number of benzene rings is 1. The van der Waals surface area contributed by atoms with E-state index in [4.69, 9.17) is 4.98 Å². The summed E-state index contributed by atoms with van der Waals surface area (Å²) in [6, 6.07) is 13.9. The fraction of sp³-hybridized carbons (Fsp3) is 0.381. The number of pyridine rings is 1. The molecule has 4 heterocycles. The zero-order chi connectivity index (χ0) is 16.1. The Labute approximate surface area is 142 Å². The summed E-state index contributed by atoms with van der Waals surface area (Å²) in [6.07, 6.45) is 10.7. The molecule has 1 N–H and O–H groups in total. The van der Waals surface area contributed by atoms with Gasteiger partial charge in [0.05, 0.1) is 5.69 Å². The van der Waals surface area contributed by atoms with E-state index in [1.54, 1.807) is 0 Å². The SMILES string of the molecule is CN1C2CCCC1(c1ccc(-c3ccc4[nH]ccc4c3)nc1)CC2. The quantitative estimate of drug-likeness (QED) is 0.742. The van der Waals surface area contributed by atoms with Crippen LogP contribution in [0.2, 0.25) is 0 Å².